The van der Waals surface area contributed by atoms with E-state index in [0.29, 0.717) is 40.8 Å². The van der Waals surface area contributed by atoms with E-state index in [-0.39, 0.29) is 18.2 Å². The summed E-state index contributed by atoms with van der Waals surface area (Å²) >= 11 is 5.97. The van der Waals surface area contributed by atoms with Crippen LogP contribution >= 0.6 is 11.6 Å². The highest BCUT2D eigenvalue weighted by Crippen LogP contribution is 2.27. The zero-order chi connectivity index (χ0) is 22.2. The summed E-state index contributed by atoms with van der Waals surface area (Å²) < 4.78 is 20.8. The molecule has 1 aliphatic heterocycles. The molecule has 0 unspecified atom stereocenters. The molecule has 1 aliphatic rings. The fourth-order valence-electron chi connectivity index (χ4n) is 3.00. The fraction of sp³-hybridized carbons (Fsp3) is 0.400. The number of fused-ring (bicyclic) bond motifs is 1. The Labute approximate surface area is 182 Å². The second kappa shape index (κ2) is 8.37. The topological polar surface area (TPSA) is 114 Å². The molecule has 1 saturated heterocycles. The molecule has 0 spiro atoms. The number of amides is 1. The van der Waals surface area contributed by atoms with Gasteiger partial charge in [0.2, 0.25) is 0 Å². The van der Waals surface area contributed by atoms with Crippen LogP contribution in [0.25, 0.3) is 16.9 Å². The largest absolute Gasteiger partial charge is 0.387 e. The van der Waals surface area contributed by atoms with Crippen molar-refractivity contribution in [2.24, 2.45) is 0 Å². The van der Waals surface area contributed by atoms with Crippen molar-refractivity contribution in [3.63, 3.8) is 0 Å². The summed E-state index contributed by atoms with van der Waals surface area (Å²) in [5.41, 5.74) is 1.02. The third-order valence-electron chi connectivity index (χ3n) is 4.96. The maximum Gasteiger partial charge on any atom is 0.255 e. The molecular weight excluding hydrogens is 427 g/mol. The number of carbonyl (C=O) groups excluding carboxylic acids is 1. The molecule has 9 nitrogen and oxygen atoms in total. The predicted octanol–water partition coefficient (Wildman–Crippen LogP) is 2.09. The Kier molecular flexibility index (Phi) is 5.78. The van der Waals surface area contributed by atoms with Gasteiger partial charge in [0.25, 0.3) is 5.91 Å². The minimum Gasteiger partial charge on any atom is -0.387 e. The van der Waals surface area contributed by atoms with Crippen LogP contribution in [0.5, 0.6) is 0 Å². The molecule has 0 saturated carbocycles. The number of rotatable bonds is 7. The Morgan fingerprint density at radius 1 is 1.39 bits per heavy atom. The van der Waals surface area contributed by atoms with Crippen molar-refractivity contribution in [2.75, 3.05) is 25.1 Å². The van der Waals surface area contributed by atoms with Crippen molar-refractivity contribution >= 4 is 28.8 Å². The molecule has 3 aromatic heterocycles. The average molecular weight is 449 g/mol. The van der Waals surface area contributed by atoms with Gasteiger partial charge in [0, 0.05) is 12.4 Å². The molecule has 0 aromatic carbocycles. The van der Waals surface area contributed by atoms with Crippen LogP contribution < -0.4 is 10.6 Å². The molecule has 0 bridgehead atoms. The Morgan fingerprint density at radius 2 is 2.16 bits per heavy atom. The summed E-state index contributed by atoms with van der Waals surface area (Å²) in [5.74, 6) is -0.501. The Bertz CT molecular complexity index is 1110. The van der Waals surface area contributed by atoms with E-state index in [1.165, 1.54) is 26.2 Å². The molecular formula is C20H22ClFN6O3. The van der Waals surface area contributed by atoms with E-state index in [4.69, 9.17) is 16.3 Å². The fourth-order valence-corrected chi connectivity index (χ4v) is 3.14. The van der Waals surface area contributed by atoms with Crippen molar-refractivity contribution in [1.82, 2.24) is 24.9 Å². The van der Waals surface area contributed by atoms with E-state index in [2.05, 4.69) is 25.7 Å². The third kappa shape index (κ3) is 4.60. The minimum atomic E-state index is -1.61. The lowest BCUT2D eigenvalue weighted by Crippen LogP contribution is -2.43. The average Bonchev–Trinajstić information content (AvgIpc) is 3.10. The smallest absolute Gasteiger partial charge is 0.255 e. The highest BCUT2D eigenvalue weighted by Gasteiger charge is 2.28. The van der Waals surface area contributed by atoms with Gasteiger partial charge in [-0.3, -0.25) is 9.78 Å². The number of hydrogen-bond donors (Lipinski definition) is 3. The Morgan fingerprint density at radius 3 is 2.84 bits per heavy atom. The van der Waals surface area contributed by atoms with Gasteiger partial charge in [0.05, 0.1) is 71.3 Å². The van der Waals surface area contributed by atoms with E-state index in [1.54, 1.807) is 23.0 Å². The molecule has 3 aromatic rings. The molecule has 1 atom stereocenters. The molecule has 0 aliphatic carbocycles. The van der Waals surface area contributed by atoms with Gasteiger partial charge in [-0.05, 0) is 19.9 Å². The Hall–Kier alpha value is -2.82. The quantitative estimate of drug-likeness (QED) is 0.507. The molecule has 4 heterocycles. The molecule has 1 fully saturated rings. The van der Waals surface area contributed by atoms with Gasteiger partial charge in [-0.15, -0.1) is 0 Å². The summed E-state index contributed by atoms with van der Waals surface area (Å²) in [6.45, 7) is 3.40. The second-order valence-electron chi connectivity index (χ2n) is 7.92. The van der Waals surface area contributed by atoms with Crippen LogP contribution in [-0.4, -0.2) is 68.2 Å². The van der Waals surface area contributed by atoms with Crippen molar-refractivity contribution in [2.45, 2.75) is 31.7 Å². The standard InChI is InChI=1S/C20H22ClFN6O3/c1-20(2,30)17(22)7-25-19(29)14-5-23-15(3-16(14)27-12-9-31-10-12)13-6-26-28-8-11(21)4-24-18(13)28/h3-6,8,12,17,30H,7,9-10H2,1-2H3,(H,23,27)(H,25,29)/t17-/m1/s1. The monoisotopic (exact) mass is 448 g/mol. The SMILES string of the molecule is CC(C)(O)[C@H](F)CNC(=O)c1cnc(-c2cnn3cc(Cl)cnc23)cc1NC1COC1. The van der Waals surface area contributed by atoms with Gasteiger partial charge in [-0.25, -0.2) is 13.9 Å². The number of carbonyl (C=O) groups is 1. The van der Waals surface area contributed by atoms with Crippen LogP contribution in [-0.2, 0) is 4.74 Å². The molecule has 0 radical (unpaired) electrons. The van der Waals surface area contributed by atoms with Crippen LogP contribution in [0, 0.1) is 0 Å². The number of halogens is 2. The lowest BCUT2D eigenvalue weighted by atomic mass is 10.0. The highest BCUT2D eigenvalue weighted by atomic mass is 35.5. The maximum absolute atomic E-state index is 14.0. The van der Waals surface area contributed by atoms with Crippen molar-refractivity contribution < 1.29 is 19.0 Å². The summed E-state index contributed by atoms with van der Waals surface area (Å²) in [6, 6.07) is 1.77. The first kappa shape index (κ1) is 21.4. The van der Waals surface area contributed by atoms with E-state index in [9.17, 15) is 14.3 Å². The first-order valence-corrected chi connectivity index (χ1v) is 10.1. The van der Waals surface area contributed by atoms with Crippen molar-refractivity contribution in [1.29, 1.82) is 0 Å². The highest BCUT2D eigenvalue weighted by molar-refractivity contribution is 6.30. The number of ether oxygens (including phenoxy) is 1. The number of nitrogens with zero attached hydrogens (tertiary/aromatic N) is 4. The summed E-state index contributed by atoms with van der Waals surface area (Å²) in [7, 11) is 0. The van der Waals surface area contributed by atoms with Crippen LogP contribution in [0.1, 0.15) is 24.2 Å². The Balaban J connectivity index is 1.63. The number of aliphatic hydroxyl groups is 1. The van der Waals surface area contributed by atoms with E-state index >= 15 is 0 Å². The van der Waals surface area contributed by atoms with Crippen LogP contribution in [0.4, 0.5) is 10.1 Å². The number of pyridine rings is 1. The van der Waals surface area contributed by atoms with Crippen molar-refractivity contribution in [3.8, 4) is 11.3 Å². The summed E-state index contributed by atoms with van der Waals surface area (Å²) in [6.07, 6.45) is 4.58. The minimum absolute atomic E-state index is 0.0490. The first-order chi connectivity index (χ1) is 14.7. The molecule has 164 valence electrons. The van der Waals surface area contributed by atoms with E-state index in [1.807, 2.05) is 0 Å². The third-order valence-corrected chi connectivity index (χ3v) is 5.15. The van der Waals surface area contributed by atoms with E-state index in [0.717, 1.165) is 0 Å². The van der Waals surface area contributed by atoms with Gasteiger partial charge in [0.1, 0.15) is 6.17 Å². The first-order valence-electron chi connectivity index (χ1n) is 9.70. The predicted molar refractivity (Wildman–Crippen MR) is 113 cm³/mol. The van der Waals surface area contributed by atoms with Crippen LogP contribution in [0.3, 0.4) is 0 Å². The lowest BCUT2D eigenvalue weighted by Gasteiger charge is -2.29. The van der Waals surface area contributed by atoms with Crippen molar-refractivity contribution in [3.05, 3.63) is 41.4 Å². The molecule has 11 heteroatoms. The zero-order valence-corrected chi connectivity index (χ0v) is 17.7. The number of nitrogens with one attached hydrogen (secondary N) is 2. The number of anilines is 1. The van der Waals surface area contributed by atoms with Gasteiger partial charge in [0.15, 0.2) is 5.65 Å². The van der Waals surface area contributed by atoms with Gasteiger partial charge in [-0.2, -0.15) is 5.10 Å². The maximum atomic E-state index is 14.0. The normalized spacial score (nSPS) is 15.5. The zero-order valence-electron chi connectivity index (χ0n) is 17.0. The molecule has 4 rings (SSSR count). The van der Waals surface area contributed by atoms with Crippen LogP contribution in [0.15, 0.2) is 30.9 Å². The van der Waals surface area contributed by atoms with Crippen LogP contribution in [0.2, 0.25) is 5.02 Å². The van der Waals surface area contributed by atoms with Gasteiger partial charge in [-0.1, -0.05) is 11.6 Å². The van der Waals surface area contributed by atoms with E-state index < -0.39 is 17.7 Å². The number of aromatic nitrogens is 4. The summed E-state index contributed by atoms with van der Waals surface area (Å²) in [4.78, 5) is 21.4. The second-order valence-corrected chi connectivity index (χ2v) is 8.36. The molecule has 31 heavy (non-hydrogen) atoms. The number of hydrogen-bond acceptors (Lipinski definition) is 7. The summed E-state index contributed by atoms with van der Waals surface area (Å²) in [5, 5.41) is 20.2. The van der Waals surface area contributed by atoms with Gasteiger partial charge >= 0.3 is 0 Å². The molecule has 3 N–H and O–H groups in total. The molecule has 1 amide bonds. The lowest BCUT2D eigenvalue weighted by molar-refractivity contribution is -0.00178. The van der Waals surface area contributed by atoms with Gasteiger partial charge < -0.3 is 20.5 Å². The number of alkyl halides is 1.